The van der Waals surface area contributed by atoms with Gasteiger partial charge in [0.15, 0.2) is 0 Å². The van der Waals surface area contributed by atoms with Crippen molar-refractivity contribution in [3.8, 4) is 0 Å². The summed E-state index contributed by atoms with van der Waals surface area (Å²) < 4.78 is 0. The summed E-state index contributed by atoms with van der Waals surface area (Å²) in [6, 6.07) is 12.8. The highest BCUT2D eigenvalue weighted by Crippen LogP contribution is 2.36. The summed E-state index contributed by atoms with van der Waals surface area (Å²) >= 11 is 18.5. The molecule has 1 saturated heterocycles. The number of carbonyl (C=O) groups excluding carboxylic acids is 1. The van der Waals surface area contributed by atoms with Crippen molar-refractivity contribution in [3.63, 3.8) is 0 Å². The number of rotatable bonds is 3. The first-order chi connectivity index (χ1) is 12.8. The van der Waals surface area contributed by atoms with Crippen molar-refractivity contribution in [2.24, 2.45) is 5.73 Å². The molecule has 1 aliphatic heterocycles. The Morgan fingerprint density at radius 2 is 1.78 bits per heavy atom. The number of anilines is 1. The van der Waals surface area contributed by atoms with Crippen LogP contribution in [0.4, 0.5) is 10.5 Å². The lowest BCUT2D eigenvalue weighted by Gasteiger charge is -2.43. The molecule has 2 unspecified atom stereocenters. The zero-order valence-corrected chi connectivity index (χ0v) is 17.1. The average Bonchev–Trinajstić information content (AvgIpc) is 2.61. The molecule has 1 aliphatic rings. The van der Waals surface area contributed by atoms with Crippen LogP contribution >= 0.6 is 34.8 Å². The number of nitrogens with two attached hydrogens (primary N) is 1. The predicted molar refractivity (Wildman–Crippen MR) is 112 cm³/mol. The highest BCUT2D eigenvalue weighted by atomic mass is 35.5. The Labute approximate surface area is 174 Å². The van der Waals surface area contributed by atoms with Gasteiger partial charge in [0.2, 0.25) is 0 Å². The van der Waals surface area contributed by atoms with Crippen LogP contribution in [0.3, 0.4) is 0 Å². The van der Waals surface area contributed by atoms with Crippen LogP contribution in [0, 0.1) is 0 Å². The molecule has 2 aromatic rings. The van der Waals surface area contributed by atoms with Crippen LogP contribution in [0.1, 0.15) is 18.5 Å². The first-order valence-electron chi connectivity index (χ1n) is 8.63. The predicted octanol–water partition coefficient (Wildman–Crippen LogP) is 4.52. The van der Waals surface area contributed by atoms with Gasteiger partial charge in [-0.3, -0.25) is 0 Å². The van der Waals surface area contributed by atoms with Crippen molar-refractivity contribution in [3.05, 3.63) is 63.1 Å². The van der Waals surface area contributed by atoms with Crippen molar-refractivity contribution in [1.29, 1.82) is 0 Å². The molecule has 2 amide bonds. The summed E-state index contributed by atoms with van der Waals surface area (Å²) in [6.07, 6.45) is -0.407. The Bertz CT molecular complexity index is 813. The van der Waals surface area contributed by atoms with Gasteiger partial charge >= 0.3 is 6.03 Å². The fraction of sp³-hybridized carbons (Fsp3) is 0.316. The van der Waals surface area contributed by atoms with Gasteiger partial charge in [-0.1, -0.05) is 46.9 Å². The maximum Gasteiger partial charge on any atom is 0.318 e. The number of nitrogens with zero attached hydrogens (tertiary/aromatic N) is 2. The number of urea groups is 1. The third kappa shape index (κ3) is 4.79. The Morgan fingerprint density at radius 1 is 1.11 bits per heavy atom. The summed E-state index contributed by atoms with van der Waals surface area (Å²) in [5.74, 6) is 0. The van der Waals surface area contributed by atoms with Crippen LogP contribution in [-0.2, 0) is 0 Å². The topological polar surface area (TPSA) is 61.6 Å². The molecule has 0 aromatic heterocycles. The van der Waals surface area contributed by atoms with Gasteiger partial charge in [-0.05, 0) is 42.8 Å². The second kappa shape index (κ2) is 8.57. The van der Waals surface area contributed by atoms with E-state index in [1.165, 1.54) is 0 Å². The molecule has 0 radical (unpaired) electrons. The van der Waals surface area contributed by atoms with Gasteiger partial charge in [-0.15, -0.1) is 0 Å². The first kappa shape index (κ1) is 20.1. The molecule has 0 bridgehead atoms. The maximum absolute atomic E-state index is 12.4. The van der Waals surface area contributed by atoms with Gasteiger partial charge in [0, 0.05) is 29.7 Å². The zero-order valence-electron chi connectivity index (χ0n) is 14.8. The van der Waals surface area contributed by atoms with Gasteiger partial charge in [0.1, 0.15) is 0 Å². The van der Waals surface area contributed by atoms with E-state index >= 15 is 0 Å². The van der Waals surface area contributed by atoms with E-state index in [9.17, 15) is 4.79 Å². The van der Waals surface area contributed by atoms with Gasteiger partial charge in [0.05, 0.1) is 22.9 Å². The fourth-order valence-electron chi connectivity index (χ4n) is 3.23. The monoisotopic (exact) mass is 426 g/mol. The van der Waals surface area contributed by atoms with E-state index in [4.69, 9.17) is 40.5 Å². The molecule has 8 heteroatoms. The molecule has 144 valence electrons. The lowest BCUT2D eigenvalue weighted by atomic mass is 10.0. The van der Waals surface area contributed by atoms with E-state index in [2.05, 4.69) is 10.2 Å². The zero-order chi connectivity index (χ0) is 19.6. The Kier molecular flexibility index (Phi) is 6.37. The summed E-state index contributed by atoms with van der Waals surface area (Å²) in [4.78, 5) is 16.4. The normalized spacial score (nSPS) is 18.3. The third-order valence-electron chi connectivity index (χ3n) is 4.49. The van der Waals surface area contributed by atoms with Gasteiger partial charge in [-0.2, -0.15) is 0 Å². The van der Waals surface area contributed by atoms with Crippen molar-refractivity contribution in [2.45, 2.75) is 19.1 Å². The van der Waals surface area contributed by atoms with Crippen LogP contribution in [0.15, 0.2) is 42.5 Å². The van der Waals surface area contributed by atoms with E-state index < -0.39 is 6.17 Å². The van der Waals surface area contributed by atoms with Crippen LogP contribution in [0.2, 0.25) is 15.1 Å². The standard InChI is InChI=1S/C19H21Cl3N4O/c1-12(23)24-19(27)25-8-9-26(17-7-6-15(21)10-16(17)22)18(11-25)13-2-4-14(20)5-3-13/h2-7,10,12,18H,8-9,11,23H2,1H3,(H,24,27). The molecule has 5 nitrogen and oxygen atoms in total. The molecular weight excluding hydrogens is 407 g/mol. The lowest BCUT2D eigenvalue weighted by molar-refractivity contribution is 0.182. The van der Waals surface area contributed by atoms with Crippen molar-refractivity contribution < 1.29 is 4.79 Å². The smallest absolute Gasteiger partial charge is 0.318 e. The van der Waals surface area contributed by atoms with Gasteiger partial charge in [-0.25, -0.2) is 4.79 Å². The molecule has 0 spiro atoms. The summed E-state index contributed by atoms with van der Waals surface area (Å²) in [5.41, 5.74) is 7.63. The molecule has 27 heavy (non-hydrogen) atoms. The Morgan fingerprint density at radius 3 is 2.41 bits per heavy atom. The molecule has 1 fully saturated rings. The number of hydrogen-bond donors (Lipinski definition) is 2. The molecule has 1 heterocycles. The maximum atomic E-state index is 12.4. The number of halogens is 3. The van der Waals surface area contributed by atoms with Crippen LogP contribution in [0.5, 0.6) is 0 Å². The van der Waals surface area contributed by atoms with Crippen molar-refractivity contribution in [2.75, 3.05) is 24.5 Å². The van der Waals surface area contributed by atoms with Crippen LogP contribution < -0.4 is 16.0 Å². The second-order valence-electron chi connectivity index (χ2n) is 6.54. The molecule has 3 N–H and O–H groups in total. The largest absolute Gasteiger partial charge is 0.360 e. The van der Waals surface area contributed by atoms with Crippen molar-refractivity contribution in [1.82, 2.24) is 10.2 Å². The van der Waals surface area contributed by atoms with E-state index in [1.807, 2.05) is 36.4 Å². The molecule has 2 atom stereocenters. The van der Waals surface area contributed by atoms with E-state index in [1.54, 1.807) is 17.9 Å². The van der Waals surface area contributed by atoms with E-state index in [-0.39, 0.29) is 12.1 Å². The molecule has 0 aliphatic carbocycles. The lowest BCUT2D eigenvalue weighted by Crippen LogP contribution is -2.55. The average molecular weight is 428 g/mol. The van der Waals surface area contributed by atoms with E-state index in [0.29, 0.717) is 34.7 Å². The quantitative estimate of drug-likeness (QED) is 0.708. The summed E-state index contributed by atoms with van der Waals surface area (Å²) in [7, 11) is 0. The number of nitrogens with one attached hydrogen (secondary N) is 1. The summed E-state index contributed by atoms with van der Waals surface area (Å²) in [5, 5.41) is 4.58. The highest BCUT2D eigenvalue weighted by molar-refractivity contribution is 6.36. The Hall–Kier alpha value is -1.66. The van der Waals surface area contributed by atoms with Gasteiger partial charge in [0.25, 0.3) is 0 Å². The molecule has 2 aromatic carbocycles. The Balaban J connectivity index is 1.92. The first-order valence-corrected chi connectivity index (χ1v) is 9.76. The minimum absolute atomic E-state index is 0.0754. The minimum atomic E-state index is -0.407. The second-order valence-corrected chi connectivity index (χ2v) is 7.82. The van der Waals surface area contributed by atoms with E-state index in [0.717, 1.165) is 11.3 Å². The number of benzene rings is 2. The third-order valence-corrected chi connectivity index (χ3v) is 5.28. The van der Waals surface area contributed by atoms with Crippen molar-refractivity contribution >= 4 is 46.5 Å². The molecule has 0 saturated carbocycles. The fourth-order valence-corrected chi connectivity index (χ4v) is 3.87. The van der Waals surface area contributed by atoms with Crippen LogP contribution in [0.25, 0.3) is 0 Å². The highest BCUT2D eigenvalue weighted by Gasteiger charge is 2.32. The number of hydrogen-bond acceptors (Lipinski definition) is 3. The van der Waals surface area contributed by atoms with Crippen LogP contribution in [-0.4, -0.2) is 36.7 Å². The number of carbonyl (C=O) groups is 1. The molecular formula is C19H21Cl3N4O. The number of piperazine rings is 1. The van der Waals surface area contributed by atoms with Gasteiger partial charge < -0.3 is 20.9 Å². The number of amides is 2. The summed E-state index contributed by atoms with van der Waals surface area (Å²) in [6.45, 7) is 3.42. The minimum Gasteiger partial charge on any atom is -0.360 e. The SMILES string of the molecule is CC(N)NC(=O)N1CCN(c2ccc(Cl)cc2Cl)C(c2ccc(Cl)cc2)C1. The molecule has 3 rings (SSSR count).